The molecule has 1 heterocycles. The Morgan fingerprint density at radius 3 is 1.55 bits per heavy atom. The molecule has 1 saturated heterocycles. The van der Waals surface area contributed by atoms with Crippen molar-refractivity contribution in [3.63, 3.8) is 0 Å². The molecule has 1 aliphatic heterocycles. The highest BCUT2D eigenvalue weighted by atomic mass is 31.2. The second kappa shape index (κ2) is 6.13. The monoisotopic (exact) mass is 331 g/mol. The van der Waals surface area contributed by atoms with Crippen molar-refractivity contribution in [1.29, 1.82) is 0 Å². The van der Waals surface area contributed by atoms with E-state index < -0.39 is 18.7 Å². The molecule has 0 radical (unpaired) electrons. The quantitative estimate of drug-likeness (QED) is 0.583. The molecule has 0 amide bonds. The van der Waals surface area contributed by atoms with Gasteiger partial charge in [-0.3, -0.25) is 18.8 Å². The molecule has 1 fully saturated rings. The molecule has 128 valence electrons. The predicted octanol–water partition coefficient (Wildman–Crippen LogP) is 2.13. The average molecular weight is 331 g/mol. The largest absolute Gasteiger partial charge is 0.355 e. The lowest BCUT2D eigenvalue weighted by Crippen LogP contribution is -2.32. The smallest absolute Gasteiger partial charge is 0.213 e. The van der Waals surface area contributed by atoms with Crippen LogP contribution in [0.2, 0.25) is 0 Å². The molecular formula is C14H30N5O2P. The summed E-state index contributed by atoms with van der Waals surface area (Å²) in [5.41, 5.74) is -1.20. The molecule has 1 rings (SSSR count). The summed E-state index contributed by atoms with van der Waals surface area (Å²) in [7, 11) is 9.67. The van der Waals surface area contributed by atoms with Crippen LogP contribution in [0.3, 0.4) is 0 Å². The summed E-state index contributed by atoms with van der Waals surface area (Å²) in [4.78, 5) is 17.1. The van der Waals surface area contributed by atoms with Crippen LogP contribution in [0.4, 0.5) is 0 Å². The van der Waals surface area contributed by atoms with Gasteiger partial charge in [0.2, 0.25) is 5.78 Å². The Bertz CT molecular complexity index is 507. The molecule has 7 nitrogen and oxygen atoms in total. The molecule has 0 aliphatic carbocycles. The van der Waals surface area contributed by atoms with E-state index in [0.29, 0.717) is 5.71 Å². The number of ketones is 1. The minimum atomic E-state index is -2.16. The standard InChI is InChI=1S/C14H30N5O2P/c1-13(2)11(12(20)14(3,4)21-13)15-16-22(17(5)6,18(7)8)19(9)10/h1-10H3. The van der Waals surface area contributed by atoms with Gasteiger partial charge in [0, 0.05) is 0 Å². The Morgan fingerprint density at radius 2 is 1.27 bits per heavy atom. The van der Waals surface area contributed by atoms with Gasteiger partial charge in [0.25, 0.3) is 0 Å². The Kier molecular flexibility index (Phi) is 5.42. The van der Waals surface area contributed by atoms with E-state index in [4.69, 9.17) is 4.74 Å². The number of carbonyl (C=O) groups is 1. The van der Waals surface area contributed by atoms with Crippen LogP contribution in [0.25, 0.3) is 0 Å². The van der Waals surface area contributed by atoms with E-state index in [1.807, 2.05) is 56.1 Å². The Hall–Kier alpha value is -0.590. The fourth-order valence-electron chi connectivity index (χ4n) is 2.87. The predicted molar refractivity (Wildman–Crippen MR) is 92.1 cm³/mol. The molecule has 0 unspecified atom stereocenters. The Balaban J connectivity index is 3.50. The van der Waals surface area contributed by atoms with Gasteiger partial charge in [-0.05, 0) is 70.0 Å². The molecule has 22 heavy (non-hydrogen) atoms. The zero-order valence-corrected chi connectivity index (χ0v) is 16.4. The summed E-state index contributed by atoms with van der Waals surface area (Å²) >= 11 is 0. The van der Waals surface area contributed by atoms with E-state index in [2.05, 4.69) is 24.0 Å². The number of nitrogens with zero attached hydrogens (tertiary/aromatic N) is 5. The maximum atomic E-state index is 12.5. The van der Waals surface area contributed by atoms with E-state index >= 15 is 0 Å². The van der Waals surface area contributed by atoms with Crippen molar-refractivity contribution >= 4 is 19.0 Å². The van der Waals surface area contributed by atoms with Gasteiger partial charge in [0.1, 0.15) is 16.9 Å². The minimum Gasteiger partial charge on any atom is -0.355 e. The fraction of sp³-hybridized carbons (Fsp3) is 0.857. The Morgan fingerprint density at radius 1 is 0.864 bits per heavy atom. The van der Waals surface area contributed by atoms with Gasteiger partial charge in [0.05, 0.1) is 0 Å². The van der Waals surface area contributed by atoms with Crippen molar-refractivity contribution in [2.45, 2.75) is 38.9 Å². The zero-order chi connectivity index (χ0) is 17.5. The first-order valence-electron chi connectivity index (χ1n) is 7.27. The summed E-state index contributed by atoms with van der Waals surface area (Å²) in [5.74, 6) is -0.101. The van der Waals surface area contributed by atoms with Gasteiger partial charge in [-0.25, -0.2) is 0 Å². The van der Waals surface area contributed by atoms with Crippen LogP contribution in [-0.2, 0) is 9.53 Å². The summed E-state index contributed by atoms with van der Waals surface area (Å²) in [6.45, 7) is 7.25. The van der Waals surface area contributed by atoms with Crippen molar-refractivity contribution < 1.29 is 9.53 Å². The lowest BCUT2D eigenvalue weighted by molar-refractivity contribution is -0.131. The van der Waals surface area contributed by atoms with Gasteiger partial charge < -0.3 is 4.74 Å². The van der Waals surface area contributed by atoms with Crippen molar-refractivity contribution in [1.82, 2.24) is 14.0 Å². The number of carbonyl (C=O) groups excluding carboxylic acids is 1. The van der Waals surface area contributed by atoms with E-state index in [0.717, 1.165) is 0 Å². The molecule has 0 spiro atoms. The summed E-state index contributed by atoms with van der Waals surface area (Å²) in [6, 6.07) is 0. The highest BCUT2D eigenvalue weighted by Gasteiger charge is 2.51. The topological polar surface area (TPSA) is 60.7 Å². The number of hydrogen-bond acceptors (Lipinski definition) is 3. The molecule has 0 N–H and O–H groups in total. The van der Waals surface area contributed by atoms with Gasteiger partial charge >= 0.3 is 0 Å². The third kappa shape index (κ3) is 3.19. The van der Waals surface area contributed by atoms with Gasteiger partial charge in [-0.2, -0.15) is 0 Å². The number of hydrogen-bond donors (Lipinski definition) is 0. The first-order chi connectivity index (χ1) is 9.79. The number of ether oxygens (including phenoxy) is 1. The molecule has 1 aliphatic rings. The number of Topliss-reactive ketones (excluding diaryl/α,β-unsaturated/α-hetero) is 1. The van der Waals surface area contributed by atoms with E-state index in [9.17, 15) is 4.79 Å². The minimum absolute atomic E-state index is 0.101. The van der Waals surface area contributed by atoms with Crippen molar-refractivity contribution in [3.8, 4) is 0 Å². The van der Waals surface area contributed by atoms with Crippen LogP contribution >= 0.6 is 7.51 Å². The molecule has 0 saturated carbocycles. The van der Waals surface area contributed by atoms with Crippen LogP contribution in [-0.4, -0.2) is 79.0 Å². The molecule has 0 aromatic carbocycles. The van der Waals surface area contributed by atoms with E-state index in [1.54, 1.807) is 13.8 Å². The Labute approximate surface area is 134 Å². The second-order valence-corrected chi connectivity index (χ2v) is 10.7. The van der Waals surface area contributed by atoms with Crippen LogP contribution in [0.15, 0.2) is 9.96 Å². The molecule has 0 bridgehead atoms. The van der Waals surface area contributed by atoms with E-state index in [-0.39, 0.29) is 5.78 Å². The summed E-state index contributed by atoms with van der Waals surface area (Å²) in [5, 5.41) is 4.38. The number of rotatable bonds is 4. The van der Waals surface area contributed by atoms with Crippen LogP contribution < -0.4 is 0 Å². The summed E-state index contributed by atoms with van der Waals surface area (Å²) in [6.07, 6.45) is 0. The van der Waals surface area contributed by atoms with Crippen LogP contribution in [0.1, 0.15) is 27.7 Å². The molecular weight excluding hydrogens is 301 g/mol. The fourth-order valence-corrected chi connectivity index (χ4v) is 5.71. The lowest BCUT2D eigenvalue weighted by Gasteiger charge is -2.39. The maximum Gasteiger partial charge on any atom is 0.213 e. The second-order valence-electron chi connectivity index (χ2n) is 7.07. The van der Waals surface area contributed by atoms with Crippen molar-refractivity contribution in [3.05, 3.63) is 0 Å². The third-order valence-electron chi connectivity index (χ3n) is 3.72. The molecule has 0 atom stereocenters. The van der Waals surface area contributed by atoms with Gasteiger partial charge in [-0.1, -0.05) is 0 Å². The first kappa shape index (κ1) is 19.5. The van der Waals surface area contributed by atoms with Gasteiger partial charge in [-0.15, -0.1) is 9.96 Å². The zero-order valence-electron chi connectivity index (χ0n) is 15.5. The third-order valence-corrected chi connectivity index (χ3v) is 7.27. The van der Waals surface area contributed by atoms with E-state index in [1.165, 1.54) is 0 Å². The molecule has 8 heteroatoms. The maximum absolute atomic E-state index is 12.5. The van der Waals surface area contributed by atoms with Crippen molar-refractivity contribution in [2.24, 2.45) is 9.96 Å². The first-order valence-corrected chi connectivity index (χ1v) is 8.87. The lowest BCUT2D eigenvalue weighted by atomic mass is 9.97. The highest BCUT2D eigenvalue weighted by molar-refractivity contribution is 7.58. The highest BCUT2D eigenvalue weighted by Crippen LogP contribution is 2.55. The average Bonchev–Trinajstić information content (AvgIpc) is 2.45. The molecule has 0 aromatic rings. The summed E-state index contributed by atoms with van der Waals surface area (Å²) < 4.78 is 12.0. The molecule has 0 aromatic heterocycles. The van der Waals surface area contributed by atoms with Crippen molar-refractivity contribution in [2.75, 3.05) is 42.3 Å². The van der Waals surface area contributed by atoms with Crippen LogP contribution in [0.5, 0.6) is 0 Å². The van der Waals surface area contributed by atoms with Gasteiger partial charge in [0.15, 0.2) is 7.51 Å². The van der Waals surface area contributed by atoms with Crippen LogP contribution in [0, 0.1) is 0 Å². The SMILES string of the molecule is CN(C)P(=NN=C1C(=O)C(C)(C)OC1(C)C)(N(C)C)N(C)C. The normalized spacial score (nSPS) is 23.1.